The van der Waals surface area contributed by atoms with Gasteiger partial charge in [0.25, 0.3) is 0 Å². The van der Waals surface area contributed by atoms with E-state index < -0.39 is 0 Å². The maximum absolute atomic E-state index is 12.7. The van der Waals surface area contributed by atoms with Gasteiger partial charge in [-0.15, -0.1) is 0 Å². The molecule has 0 unspecified atom stereocenters. The third kappa shape index (κ3) is 29.2. The minimum absolute atomic E-state index is 0.214. The fourth-order valence-electron chi connectivity index (χ4n) is 6.22. The first-order valence-electron chi connectivity index (χ1n) is 18.9. The normalized spacial score (nSPS) is 11.8. The molecule has 0 N–H and O–H groups in total. The highest BCUT2D eigenvalue weighted by atomic mass is 16.1. The minimum Gasteiger partial charge on any atom is -0.299 e. The van der Waals surface area contributed by atoms with Gasteiger partial charge in [0.2, 0.25) is 0 Å². The topological polar surface area (TPSA) is 34.1 Å². The lowest BCUT2D eigenvalue weighted by Gasteiger charge is -2.13. The van der Waals surface area contributed by atoms with E-state index in [2.05, 4.69) is 27.7 Å². The van der Waals surface area contributed by atoms with E-state index in [0.717, 1.165) is 37.5 Å². The van der Waals surface area contributed by atoms with Crippen LogP contribution in [-0.2, 0) is 9.59 Å². The summed E-state index contributed by atoms with van der Waals surface area (Å²) < 4.78 is 0. The van der Waals surface area contributed by atoms with E-state index in [-0.39, 0.29) is 17.5 Å². The third-order valence-corrected chi connectivity index (χ3v) is 9.09. The smallest absolute Gasteiger partial charge is 0.143 e. The Morgan fingerprint density at radius 1 is 0.366 bits per heavy atom. The third-order valence-electron chi connectivity index (χ3n) is 9.09. The van der Waals surface area contributed by atoms with Gasteiger partial charge in [-0.2, -0.15) is 0 Å². The number of carbonyl (C=O) groups is 2. The van der Waals surface area contributed by atoms with Crippen LogP contribution >= 0.6 is 0 Å². The fraction of sp³-hybridized carbons (Fsp3) is 0.949. The summed E-state index contributed by atoms with van der Waals surface area (Å²) in [5, 5.41) is 0. The highest BCUT2D eigenvalue weighted by Crippen LogP contribution is 2.19. The molecule has 0 saturated carbocycles. The van der Waals surface area contributed by atoms with Crippen molar-refractivity contribution in [3.05, 3.63) is 0 Å². The zero-order chi connectivity index (χ0) is 30.4. The summed E-state index contributed by atoms with van der Waals surface area (Å²) in [4.78, 5) is 25.4. The van der Waals surface area contributed by atoms with Crippen molar-refractivity contribution in [2.24, 2.45) is 17.8 Å². The molecule has 0 spiro atoms. The van der Waals surface area contributed by atoms with Crippen LogP contribution in [0.4, 0.5) is 0 Å². The molecule has 244 valence electrons. The molecule has 0 atom stereocenters. The van der Waals surface area contributed by atoms with Gasteiger partial charge in [0.15, 0.2) is 0 Å². The first-order valence-corrected chi connectivity index (χ1v) is 18.9. The van der Waals surface area contributed by atoms with Crippen LogP contribution in [0.25, 0.3) is 0 Å². The first-order chi connectivity index (χ1) is 19.9. The van der Waals surface area contributed by atoms with Gasteiger partial charge in [-0.25, -0.2) is 0 Å². The van der Waals surface area contributed by atoms with E-state index in [4.69, 9.17) is 0 Å². The molecular weight excluding hydrogens is 500 g/mol. The van der Waals surface area contributed by atoms with Gasteiger partial charge in [-0.1, -0.05) is 189 Å². The molecule has 0 aliphatic rings. The van der Waals surface area contributed by atoms with Gasteiger partial charge < -0.3 is 0 Å². The lowest BCUT2D eigenvalue weighted by molar-refractivity contribution is -0.133. The Morgan fingerprint density at radius 2 is 0.585 bits per heavy atom. The Morgan fingerprint density at radius 3 is 0.805 bits per heavy atom. The summed E-state index contributed by atoms with van der Waals surface area (Å²) in [7, 11) is 0. The second-order valence-electron chi connectivity index (χ2n) is 14.2. The number of carbonyl (C=O) groups excluding carboxylic acids is 2. The Bertz CT molecular complexity index is 516. The van der Waals surface area contributed by atoms with Crippen LogP contribution in [0.1, 0.15) is 221 Å². The van der Waals surface area contributed by atoms with Gasteiger partial charge in [0.05, 0.1) is 5.92 Å². The predicted octanol–water partition coefficient (Wildman–Crippen LogP) is 13.4. The Balaban J connectivity index is 3.55. The van der Waals surface area contributed by atoms with Crippen molar-refractivity contribution in [3.8, 4) is 0 Å². The zero-order valence-electron chi connectivity index (χ0n) is 29.1. The summed E-state index contributed by atoms with van der Waals surface area (Å²) in [6.07, 6.45) is 36.3. The van der Waals surface area contributed by atoms with Gasteiger partial charge >= 0.3 is 0 Å². The molecule has 2 heteroatoms. The number of hydrogen-bond acceptors (Lipinski definition) is 2. The standard InChI is InChI=1S/C39H76O2/c1-6-37(38(40)33-29-25-21-17-13-9-7-11-15-19-23-27-31-35(2)3)39(41)34-30-26-22-18-14-10-8-12-16-20-24-28-32-36(4)5/h35-37H,6-34H2,1-5H3. The summed E-state index contributed by atoms with van der Waals surface area (Å²) in [5.74, 6) is 1.82. The number of Topliss-reactive ketones (excluding diaryl/α,β-unsaturated/α-hetero) is 2. The first kappa shape index (κ1) is 40.3. The number of unbranched alkanes of at least 4 members (excludes halogenated alkanes) is 22. The molecular formula is C39H76O2. The van der Waals surface area contributed by atoms with Crippen molar-refractivity contribution in [2.75, 3.05) is 0 Å². The highest BCUT2D eigenvalue weighted by Gasteiger charge is 2.23. The molecule has 2 nitrogen and oxygen atoms in total. The Kier molecular flexibility index (Phi) is 30.3. The second-order valence-corrected chi connectivity index (χ2v) is 14.2. The summed E-state index contributed by atoms with van der Waals surface area (Å²) in [6, 6.07) is 0. The molecule has 0 bridgehead atoms. The molecule has 0 aromatic carbocycles. The molecule has 0 rings (SSSR count). The van der Waals surface area contributed by atoms with Gasteiger partial charge in [-0.3, -0.25) is 9.59 Å². The number of rotatable bonds is 33. The van der Waals surface area contributed by atoms with Crippen LogP contribution < -0.4 is 0 Å². The van der Waals surface area contributed by atoms with E-state index in [1.807, 2.05) is 6.92 Å². The molecule has 41 heavy (non-hydrogen) atoms. The monoisotopic (exact) mass is 577 g/mol. The second kappa shape index (κ2) is 30.8. The van der Waals surface area contributed by atoms with Crippen LogP contribution in [0.3, 0.4) is 0 Å². The van der Waals surface area contributed by atoms with E-state index >= 15 is 0 Å². The van der Waals surface area contributed by atoms with Crippen LogP contribution in [0.2, 0.25) is 0 Å². The van der Waals surface area contributed by atoms with Crippen molar-refractivity contribution in [2.45, 2.75) is 221 Å². The van der Waals surface area contributed by atoms with E-state index in [1.54, 1.807) is 0 Å². The van der Waals surface area contributed by atoms with Crippen molar-refractivity contribution in [3.63, 3.8) is 0 Å². The molecule has 0 saturated heterocycles. The number of hydrogen-bond donors (Lipinski definition) is 0. The largest absolute Gasteiger partial charge is 0.299 e. The average molecular weight is 577 g/mol. The van der Waals surface area contributed by atoms with E-state index in [9.17, 15) is 9.59 Å². The SMILES string of the molecule is CCC(C(=O)CCCCCCCCCCCCCCC(C)C)C(=O)CCCCCCCCCCCCCCC(C)C. The van der Waals surface area contributed by atoms with Crippen LogP contribution in [-0.4, -0.2) is 11.6 Å². The quantitative estimate of drug-likeness (QED) is 0.0575. The summed E-state index contributed by atoms with van der Waals surface area (Å²) in [6.45, 7) is 11.3. The number of ketones is 2. The summed E-state index contributed by atoms with van der Waals surface area (Å²) in [5.41, 5.74) is 0. The lowest BCUT2D eigenvalue weighted by atomic mass is 9.89. The van der Waals surface area contributed by atoms with Gasteiger partial charge in [-0.05, 0) is 31.1 Å². The average Bonchev–Trinajstić information content (AvgIpc) is 2.93. The lowest BCUT2D eigenvalue weighted by Crippen LogP contribution is -2.23. The Labute approximate surface area is 259 Å². The summed E-state index contributed by atoms with van der Waals surface area (Å²) >= 11 is 0. The van der Waals surface area contributed by atoms with Crippen molar-refractivity contribution in [1.29, 1.82) is 0 Å². The van der Waals surface area contributed by atoms with Crippen LogP contribution in [0.5, 0.6) is 0 Å². The zero-order valence-corrected chi connectivity index (χ0v) is 29.1. The van der Waals surface area contributed by atoms with Gasteiger partial charge in [0.1, 0.15) is 11.6 Å². The van der Waals surface area contributed by atoms with Crippen LogP contribution in [0, 0.1) is 17.8 Å². The Hall–Kier alpha value is -0.660. The minimum atomic E-state index is -0.328. The molecule has 0 aromatic heterocycles. The molecule has 0 aromatic rings. The molecule has 0 amide bonds. The van der Waals surface area contributed by atoms with Crippen molar-refractivity contribution >= 4 is 11.6 Å². The molecule has 0 aliphatic carbocycles. The molecule has 0 heterocycles. The predicted molar refractivity (Wildman–Crippen MR) is 183 cm³/mol. The van der Waals surface area contributed by atoms with Crippen LogP contribution in [0.15, 0.2) is 0 Å². The maximum Gasteiger partial charge on any atom is 0.143 e. The van der Waals surface area contributed by atoms with Gasteiger partial charge in [0, 0.05) is 12.8 Å². The molecule has 0 radical (unpaired) electrons. The van der Waals surface area contributed by atoms with E-state index in [0.29, 0.717) is 19.3 Å². The fourth-order valence-corrected chi connectivity index (χ4v) is 6.22. The van der Waals surface area contributed by atoms with E-state index in [1.165, 1.54) is 141 Å². The van der Waals surface area contributed by atoms with Crippen molar-refractivity contribution in [1.82, 2.24) is 0 Å². The van der Waals surface area contributed by atoms with Crippen molar-refractivity contribution < 1.29 is 9.59 Å². The molecule has 0 aliphatic heterocycles. The highest BCUT2D eigenvalue weighted by molar-refractivity contribution is 6.02. The molecule has 0 fully saturated rings. The maximum atomic E-state index is 12.7.